The van der Waals surface area contributed by atoms with Crippen LogP contribution in [-0.2, 0) is 25.4 Å². The zero-order valence-electron chi connectivity index (χ0n) is 21.4. The molecule has 1 unspecified atom stereocenters. The van der Waals surface area contributed by atoms with Crippen LogP contribution in [0.2, 0.25) is 0 Å². The SMILES string of the molecule is CCOC(CCOCCOCCOCCO)CN1c2cc(C(C)C)c(N)cc2CCC1(C)C. The first kappa shape index (κ1) is 27.9. The Labute approximate surface area is 200 Å². The third kappa shape index (κ3) is 8.72. The maximum absolute atomic E-state index is 8.67. The second-order valence-corrected chi connectivity index (χ2v) is 9.61. The van der Waals surface area contributed by atoms with Gasteiger partial charge in [-0.1, -0.05) is 13.8 Å². The zero-order chi connectivity index (χ0) is 24.3. The van der Waals surface area contributed by atoms with Crippen LogP contribution >= 0.6 is 0 Å². The van der Waals surface area contributed by atoms with Crippen molar-refractivity contribution in [1.82, 2.24) is 0 Å². The molecule has 0 amide bonds. The summed E-state index contributed by atoms with van der Waals surface area (Å²) in [5.74, 6) is 0.390. The van der Waals surface area contributed by atoms with E-state index in [-0.39, 0.29) is 18.2 Å². The van der Waals surface area contributed by atoms with Crippen molar-refractivity contribution in [3.05, 3.63) is 23.3 Å². The van der Waals surface area contributed by atoms with Crippen molar-refractivity contribution in [2.45, 2.75) is 71.4 Å². The fraction of sp³-hybridized carbons (Fsp3) is 0.769. The van der Waals surface area contributed by atoms with Gasteiger partial charge in [-0.3, -0.25) is 0 Å². The molecule has 33 heavy (non-hydrogen) atoms. The summed E-state index contributed by atoms with van der Waals surface area (Å²) in [6.07, 6.45) is 3.07. The molecule has 1 aliphatic rings. The minimum absolute atomic E-state index is 0.0389. The van der Waals surface area contributed by atoms with E-state index in [4.69, 9.17) is 29.8 Å². The molecule has 1 aliphatic heterocycles. The number of aliphatic hydroxyl groups excluding tert-OH is 1. The minimum atomic E-state index is 0.0389. The van der Waals surface area contributed by atoms with Crippen LogP contribution in [0.3, 0.4) is 0 Å². The van der Waals surface area contributed by atoms with Gasteiger partial charge < -0.3 is 34.7 Å². The summed E-state index contributed by atoms with van der Waals surface area (Å²) in [5, 5.41) is 8.67. The highest BCUT2D eigenvalue weighted by molar-refractivity contribution is 5.67. The Kier molecular flexibility index (Phi) is 11.9. The first-order valence-electron chi connectivity index (χ1n) is 12.5. The molecule has 0 bridgehead atoms. The number of hydrogen-bond donors (Lipinski definition) is 2. The molecule has 7 nitrogen and oxygen atoms in total. The zero-order valence-corrected chi connectivity index (χ0v) is 21.4. The molecule has 1 heterocycles. The van der Waals surface area contributed by atoms with Gasteiger partial charge in [0.05, 0.1) is 45.7 Å². The van der Waals surface area contributed by atoms with Gasteiger partial charge >= 0.3 is 0 Å². The molecule has 7 heteroatoms. The predicted octanol–water partition coefficient (Wildman–Crippen LogP) is 3.76. The quantitative estimate of drug-likeness (QED) is 0.283. The average molecular weight is 467 g/mol. The maximum atomic E-state index is 8.67. The van der Waals surface area contributed by atoms with E-state index in [0.29, 0.717) is 52.2 Å². The molecule has 2 rings (SSSR count). The van der Waals surface area contributed by atoms with Gasteiger partial charge in [-0.2, -0.15) is 0 Å². The third-order valence-corrected chi connectivity index (χ3v) is 6.29. The molecule has 0 aliphatic carbocycles. The highest BCUT2D eigenvalue weighted by Crippen LogP contribution is 2.40. The first-order chi connectivity index (χ1) is 15.8. The Morgan fingerprint density at radius 3 is 2.27 bits per heavy atom. The summed E-state index contributed by atoms with van der Waals surface area (Å²) in [6, 6.07) is 4.48. The lowest BCUT2D eigenvalue weighted by Crippen LogP contribution is -2.51. The third-order valence-electron chi connectivity index (χ3n) is 6.29. The van der Waals surface area contributed by atoms with Crippen molar-refractivity contribution >= 4 is 11.4 Å². The first-order valence-corrected chi connectivity index (χ1v) is 12.5. The number of fused-ring (bicyclic) bond motifs is 1. The highest BCUT2D eigenvalue weighted by atomic mass is 16.5. The molecule has 1 atom stereocenters. The standard InChI is InChI=1S/C26H46N2O5/c1-6-33-22(8-11-30-13-15-32-16-14-31-12-10-29)19-28-25-18-23(20(2)3)24(27)17-21(25)7-9-26(28,4)5/h17-18,20,22,29H,6-16,19,27H2,1-5H3. The topological polar surface area (TPSA) is 86.4 Å². The Morgan fingerprint density at radius 1 is 1.03 bits per heavy atom. The van der Waals surface area contributed by atoms with Gasteiger partial charge in [-0.05, 0) is 69.2 Å². The van der Waals surface area contributed by atoms with Crippen LogP contribution in [0, 0.1) is 0 Å². The second kappa shape index (κ2) is 14.1. The normalized spacial score (nSPS) is 16.3. The van der Waals surface area contributed by atoms with E-state index in [2.05, 4.69) is 44.7 Å². The van der Waals surface area contributed by atoms with E-state index in [0.717, 1.165) is 31.5 Å². The largest absolute Gasteiger partial charge is 0.398 e. The van der Waals surface area contributed by atoms with Gasteiger partial charge in [0, 0.05) is 36.7 Å². The number of anilines is 2. The summed E-state index contributed by atoms with van der Waals surface area (Å²) in [6.45, 7) is 15.7. The average Bonchev–Trinajstić information content (AvgIpc) is 2.76. The second-order valence-electron chi connectivity index (χ2n) is 9.61. The number of nitrogen functional groups attached to an aromatic ring is 1. The molecule has 0 radical (unpaired) electrons. The lowest BCUT2D eigenvalue weighted by atomic mass is 9.84. The van der Waals surface area contributed by atoms with Crippen molar-refractivity contribution in [2.75, 3.05) is 70.0 Å². The van der Waals surface area contributed by atoms with E-state index in [9.17, 15) is 0 Å². The Balaban J connectivity index is 1.91. The van der Waals surface area contributed by atoms with Crippen molar-refractivity contribution < 1.29 is 24.1 Å². The molecule has 0 saturated carbocycles. The van der Waals surface area contributed by atoms with Crippen LogP contribution in [0.4, 0.5) is 11.4 Å². The molecule has 0 spiro atoms. The van der Waals surface area contributed by atoms with Crippen LogP contribution < -0.4 is 10.6 Å². The Bertz CT molecular complexity index is 696. The van der Waals surface area contributed by atoms with Crippen molar-refractivity contribution in [2.24, 2.45) is 0 Å². The number of aryl methyl sites for hydroxylation is 1. The van der Waals surface area contributed by atoms with Crippen molar-refractivity contribution in [1.29, 1.82) is 0 Å². The number of nitrogens with zero attached hydrogens (tertiary/aromatic N) is 1. The van der Waals surface area contributed by atoms with Gasteiger partial charge in [-0.25, -0.2) is 0 Å². The molecule has 0 saturated heterocycles. The molecular formula is C26H46N2O5. The van der Waals surface area contributed by atoms with Gasteiger partial charge in [0.15, 0.2) is 0 Å². The number of ether oxygens (including phenoxy) is 4. The smallest absolute Gasteiger partial charge is 0.0771 e. The van der Waals surface area contributed by atoms with Crippen LogP contribution in [0.5, 0.6) is 0 Å². The summed E-state index contributed by atoms with van der Waals surface area (Å²) < 4.78 is 22.6. The summed E-state index contributed by atoms with van der Waals surface area (Å²) in [4.78, 5) is 2.52. The molecule has 0 aromatic heterocycles. The molecule has 0 fully saturated rings. The number of rotatable bonds is 16. The van der Waals surface area contributed by atoms with E-state index < -0.39 is 0 Å². The van der Waals surface area contributed by atoms with E-state index >= 15 is 0 Å². The van der Waals surface area contributed by atoms with Crippen LogP contribution in [-0.4, -0.2) is 76.1 Å². The van der Waals surface area contributed by atoms with E-state index in [1.165, 1.54) is 16.8 Å². The molecular weight excluding hydrogens is 420 g/mol. The number of benzene rings is 1. The Hall–Kier alpha value is -1.38. The van der Waals surface area contributed by atoms with Gasteiger partial charge in [0.1, 0.15) is 0 Å². The molecule has 3 N–H and O–H groups in total. The summed E-state index contributed by atoms with van der Waals surface area (Å²) in [7, 11) is 0. The fourth-order valence-electron chi connectivity index (χ4n) is 4.35. The maximum Gasteiger partial charge on any atom is 0.0771 e. The van der Waals surface area contributed by atoms with Crippen molar-refractivity contribution in [3.63, 3.8) is 0 Å². The number of hydrogen-bond acceptors (Lipinski definition) is 7. The number of nitrogens with two attached hydrogens (primary N) is 1. The molecule has 1 aromatic carbocycles. The fourth-order valence-corrected chi connectivity index (χ4v) is 4.35. The lowest BCUT2D eigenvalue weighted by molar-refractivity contribution is -0.00503. The van der Waals surface area contributed by atoms with Gasteiger partial charge in [0.2, 0.25) is 0 Å². The van der Waals surface area contributed by atoms with E-state index in [1.807, 2.05) is 6.92 Å². The minimum Gasteiger partial charge on any atom is -0.398 e. The van der Waals surface area contributed by atoms with Gasteiger partial charge in [0.25, 0.3) is 0 Å². The van der Waals surface area contributed by atoms with Crippen LogP contribution in [0.25, 0.3) is 0 Å². The van der Waals surface area contributed by atoms with Gasteiger partial charge in [-0.15, -0.1) is 0 Å². The number of aliphatic hydroxyl groups is 1. The monoisotopic (exact) mass is 466 g/mol. The van der Waals surface area contributed by atoms with Crippen LogP contribution in [0.1, 0.15) is 64.5 Å². The summed E-state index contributed by atoms with van der Waals surface area (Å²) in [5.41, 5.74) is 11.2. The summed E-state index contributed by atoms with van der Waals surface area (Å²) >= 11 is 0. The highest BCUT2D eigenvalue weighted by Gasteiger charge is 2.35. The predicted molar refractivity (Wildman–Crippen MR) is 134 cm³/mol. The van der Waals surface area contributed by atoms with E-state index in [1.54, 1.807) is 0 Å². The van der Waals surface area contributed by atoms with Crippen molar-refractivity contribution in [3.8, 4) is 0 Å². The lowest BCUT2D eigenvalue weighted by Gasteiger charge is -2.47. The molecule has 1 aromatic rings. The Morgan fingerprint density at radius 2 is 1.67 bits per heavy atom. The van der Waals surface area contributed by atoms with Crippen LogP contribution in [0.15, 0.2) is 12.1 Å². The molecule has 190 valence electrons.